The van der Waals surface area contributed by atoms with E-state index >= 15 is 0 Å². The second-order valence-electron chi connectivity index (χ2n) is 7.47. The number of anilines is 1. The van der Waals surface area contributed by atoms with Crippen molar-refractivity contribution in [2.45, 2.75) is 13.2 Å². The van der Waals surface area contributed by atoms with Gasteiger partial charge in [0.1, 0.15) is 12.4 Å². The van der Waals surface area contributed by atoms with E-state index in [0.717, 1.165) is 28.0 Å². The maximum absolute atomic E-state index is 12.7. The zero-order valence-corrected chi connectivity index (χ0v) is 18.1. The van der Waals surface area contributed by atoms with E-state index in [1.165, 1.54) is 16.7 Å². The van der Waals surface area contributed by atoms with E-state index in [9.17, 15) is 4.79 Å². The zero-order chi connectivity index (χ0) is 21.8. The largest absolute Gasteiger partial charge is 0.489 e. The number of rotatable bonds is 7. The van der Waals surface area contributed by atoms with Crippen molar-refractivity contribution in [3.63, 3.8) is 0 Å². The molecule has 0 atom stereocenters. The molecule has 0 unspecified atom stereocenters. The molecule has 1 amide bonds. The van der Waals surface area contributed by atoms with Gasteiger partial charge in [-0.25, -0.2) is 0 Å². The summed E-state index contributed by atoms with van der Waals surface area (Å²) < 4.78 is 7.79. The molecule has 2 aromatic heterocycles. The number of carbonyl (C=O) groups excluding carboxylic acids is 1. The summed E-state index contributed by atoms with van der Waals surface area (Å²) in [4.78, 5) is 13.4. The summed E-state index contributed by atoms with van der Waals surface area (Å²) in [7, 11) is 0. The van der Waals surface area contributed by atoms with Gasteiger partial charge in [-0.3, -0.25) is 9.48 Å². The Bertz CT molecular complexity index is 1360. The third-order valence-corrected chi connectivity index (χ3v) is 6.07. The molecule has 0 saturated carbocycles. The van der Waals surface area contributed by atoms with Crippen LogP contribution in [-0.2, 0) is 13.2 Å². The van der Waals surface area contributed by atoms with Crippen LogP contribution in [0.3, 0.4) is 0 Å². The number of hydrogen-bond donors (Lipinski definition) is 1. The summed E-state index contributed by atoms with van der Waals surface area (Å²) in [6, 6.07) is 25.8. The highest BCUT2D eigenvalue weighted by Gasteiger charge is 2.11. The second-order valence-corrected chi connectivity index (χ2v) is 8.39. The lowest BCUT2D eigenvalue weighted by atomic mass is 10.1. The average Bonchev–Trinajstić information content (AvgIpc) is 3.50. The van der Waals surface area contributed by atoms with Gasteiger partial charge in [-0.2, -0.15) is 5.10 Å². The number of carbonyl (C=O) groups is 1. The summed E-state index contributed by atoms with van der Waals surface area (Å²) in [6.07, 6.45) is 3.67. The lowest BCUT2D eigenvalue weighted by molar-refractivity contribution is 0.103. The fourth-order valence-corrected chi connectivity index (χ4v) is 4.31. The number of hydrogen-bond acceptors (Lipinski definition) is 4. The monoisotopic (exact) mass is 439 g/mol. The summed E-state index contributed by atoms with van der Waals surface area (Å²) in [5.41, 5.74) is 2.81. The highest BCUT2D eigenvalue weighted by Crippen LogP contribution is 2.23. The first-order valence-electron chi connectivity index (χ1n) is 10.3. The van der Waals surface area contributed by atoms with Crippen molar-refractivity contribution in [2.75, 3.05) is 5.32 Å². The summed E-state index contributed by atoms with van der Waals surface area (Å²) in [6.45, 7) is 1.08. The quantitative estimate of drug-likeness (QED) is 0.339. The van der Waals surface area contributed by atoms with Gasteiger partial charge < -0.3 is 10.1 Å². The molecule has 2 heterocycles. The van der Waals surface area contributed by atoms with Crippen molar-refractivity contribution in [3.05, 3.63) is 113 Å². The topological polar surface area (TPSA) is 56.2 Å². The first kappa shape index (κ1) is 20.0. The summed E-state index contributed by atoms with van der Waals surface area (Å²) in [5, 5.41) is 11.5. The molecule has 0 aliphatic carbocycles. The van der Waals surface area contributed by atoms with Crippen molar-refractivity contribution < 1.29 is 9.53 Å². The molecule has 0 spiro atoms. The molecule has 1 N–H and O–H groups in total. The van der Waals surface area contributed by atoms with E-state index in [1.54, 1.807) is 6.20 Å². The first-order valence-corrected chi connectivity index (χ1v) is 11.2. The van der Waals surface area contributed by atoms with Gasteiger partial charge in [-0.15, -0.1) is 11.3 Å². The van der Waals surface area contributed by atoms with Crippen molar-refractivity contribution in [3.8, 4) is 5.75 Å². The van der Waals surface area contributed by atoms with Crippen LogP contribution in [0.5, 0.6) is 5.75 Å². The maximum atomic E-state index is 12.7. The van der Waals surface area contributed by atoms with E-state index in [0.29, 0.717) is 18.0 Å². The third-order valence-electron chi connectivity index (χ3n) is 5.09. The average molecular weight is 440 g/mol. The predicted octanol–water partition coefficient (Wildman–Crippen LogP) is 5.98. The van der Waals surface area contributed by atoms with E-state index in [-0.39, 0.29) is 5.91 Å². The lowest BCUT2D eigenvalue weighted by Gasteiger charge is -2.07. The Hall–Kier alpha value is -3.90. The molecule has 5 rings (SSSR count). The maximum Gasteiger partial charge on any atom is 0.265 e. The fourth-order valence-electron chi connectivity index (χ4n) is 3.52. The highest BCUT2D eigenvalue weighted by molar-refractivity contribution is 7.12. The molecule has 0 aliphatic rings. The van der Waals surface area contributed by atoms with Gasteiger partial charge in [0.05, 0.1) is 11.4 Å². The SMILES string of the molecule is O=C(Nc1cccc(Cn2cccn2)c1)c1cc(COc2ccc3ccccc3c2)cs1. The number of nitrogens with one attached hydrogen (secondary N) is 1. The number of nitrogens with zero attached hydrogens (tertiary/aromatic N) is 2. The fraction of sp³-hybridized carbons (Fsp3) is 0.0769. The summed E-state index contributed by atoms with van der Waals surface area (Å²) in [5.74, 6) is 0.693. The Morgan fingerprint density at radius 1 is 0.938 bits per heavy atom. The van der Waals surface area contributed by atoms with Crippen LogP contribution in [0, 0.1) is 0 Å². The molecule has 5 aromatic rings. The van der Waals surface area contributed by atoms with Crippen LogP contribution in [0.25, 0.3) is 10.8 Å². The number of benzene rings is 3. The molecule has 0 radical (unpaired) electrons. The standard InChI is InChI=1S/C26H21N3O2S/c30-26(28-23-8-3-5-19(13-23)16-29-12-4-11-27-29)25-14-20(18-32-25)17-31-24-10-9-21-6-1-2-7-22(21)15-24/h1-15,18H,16-17H2,(H,28,30). The van der Waals surface area contributed by atoms with Crippen molar-refractivity contribution in [2.24, 2.45) is 0 Å². The second kappa shape index (κ2) is 9.08. The van der Waals surface area contributed by atoms with Crippen LogP contribution >= 0.6 is 11.3 Å². The Labute approximate surface area is 189 Å². The van der Waals surface area contributed by atoms with Crippen LogP contribution in [0.1, 0.15) is 20.8 Å². The minimum atomic E-state index is -0.122. The Kier molecular flexibility index (Phi) is 5.68. The van der Waals surface area contributed by atoms with Crippen LogP contribution in [0.15, 0.2) is 96.6 Å². The van der Waals surface area contributed by atoms with Gasteiger partial charge >= 0.3 is 0 Å². The molecule has 32 heavy (non-hydrogen) atoms. The lowest BCUT2D eigenvalue weighted by Crippen LogP contribution is -2.10. The van der Waals surface area contributed by atoms with Crippen molar-refractivity contribution in [1.82, 2.24) is 9.78 Å². The van der Waals surface area contributed by atoms with E-state index < -0.39 is 0 Å². The molecule has 0 saturated heterocycles. The number of ether oxygens (including phenoxy) is 1. The van der Waals surface area contributed by atoms with E-state index in [4.69, 9.17) is 4.74 Å². The van der Waals surface area contributed by atoms with Crippen LogP contribution in [0.2, 0.25) is 0 Å². The van der Waals surface area contributed by atoms with Gasteiger partial charge in [0, 0.05) is 23.6 Å². The zero-order valence-electron chi connectivity index (χ0n) is 17.3. The molecule has 0 fully saturated rings. The number of fused-ring (bicyclic) bond motifs is 1. The van der Waals surface area contributed by atoms with Crippen LogP contribution in [0.4, 0.5) is 5.69 Å². The molecule has 0 aliphatic heterocycles. The Morgan fingerprint density at radius 2 is 1.84 bits per heavy atom. The molecule has 0 bridgehead atoms. The van der Waals surface area contributed by atoms with Gasteiger partial charge in [-0.1, -0.05) is 42.5 Å². The molecule has 5 nitrogen and oxygen atoms in total. The minimum absolute atomic E-state index is 0.122. The van der Waals surface area contributed by atoms with Gasteiger partial charge in [0.25, 0.3) is 5.91 Å². The van der Waals surface area contributed by atoms with Gasteiger partial charge in [0.15, 0.2) is 0 Å². The van der Waals surface area contributed by atoms with Crippen molar-refractivity contribution in [1.29, 1.82) is 0 Å². The molecule has 6 heteroatoms. The molecule has 3 aromatic carbocycles. The van der Waals surface area contributed by atoms with Crippen LogP contribution < -0.4 is 10.1 Å². The van der Waals surface area contributed by atoms with Crippen molar-refractivity contribution >= 4 is 33.7 Å². The smallest absolute Gasteiger partial charge is 0.265 e. The van der Waals surface area contributed by atoms with Crippen LogP contribution in [-0.4, -0.2) is 15.7 Å². The predicted molar refractivity (Wildman–Crippen MR) is 128 cm³/mol. The van der Waals surface area contributed by atoms with E-state index in [2.05, 4.69) is 28.6 Å². The van der Waals surface area contributed by atoms with Gasteiger partial charge in [-0.05, 0) is 58.1 Å². The Morgan fingerprint density at radius 3 is 2.72 bits per heavy atom. The van der Waals surface area contributed by atoms with E-state index in [1.807, 2.05) is 76.9 Å². The highest BCUT2D eigenvalue weighted by atomic mass is 32.1. The molecular weight excluding hydrogens is 418 g/mol. The number of thiophene rings is 1. The molecular formula is C26H21N3O2S. The third kappa shape index (κ3) is 4.71. The normalized spacial score (nSPS) is 10.9. The first-order chi connectivity index (χ1) is 15.7. The van der Waals surface area contributed by atoms with Gasteiger partial charge in [0.2, 0.25) is 0 Å². The number of amides is 1. The summed E-state index contributed by atoms with van der Waals surface area (Å²) >= 11 is 1.42. The Balaban J connectivity index is 1.21. The molecule has 158 valence electrons. The minimum Gasteiger partial charge on any atom is -0.489 e. The number of aromatic nitrogens is 2.